The molecule has 0 aliphatic carbocycles. The first kappa shape index (κ1) is 13.1. The molecule has 0 aliphatic heterocycles. The minimum absolute atomic E-state index is 0.572. The molecule has 3 aromatic rings. The lowest BCUT2D eigenvalue weighted by molar-refractivity contribution is 0.761. The molecule has 98 valence electrons. The van der Waals surface area contributed by atoms with Gasteiger partial charge in [-0.2, -0.15) is 0 Å². The Labute approximate surface area is 128 Å². The molecule has 0 unspecified atom stereocenters. The molecule has 0 amide bonds. The topological polar surface area (TPSA) is 30.7 Å². The van der Waals surface area contributed by atoms with Crippen LogP contribution in [0.1, 0.15) is 10.7 Å². The number of fused-ring (bicyclic) bond motifs is 1. The summed E-state index contributed by atoms with van der Waals surface area (Å²) in [7, 11) is 0. The van der Waals surface area contributed by atoms with Gasteiger partial charge in [0.1, 0.15) is 11.3 Å². The van der Waals surface area contributed by atoms with E-state index in [4.69, 9.17) is 11.6 Å². The summed E-state index contributed by atoms with van der Waals surface area (Å²) in [6.07, 6.45) is 4.36. The third-order valence-electron chi connectivity index (χ3n) is 2.94. The maximum atomic E-state index is 5.87. The van der Waals surface area contributed by atoms with Crippen LogP contribution in [0.3, 0.4) is 0 Å². The first-order valence-corrected chi connectivity index (χ1v) is 8.07. The second kappa shape index (κ2) is 5.61. The van der Waals surface area contributed by atoms with Crippen molar-refractivity contribution in [3.63, 3.8) is 0 Å². The summed E-state index contributed by atoms with van der Waals surface area (Å²) in [4.78, 5) is 10.0. The summed E-state index contributed by atoms with van der Waals surface area (Å²) in [6.45, 7) is 0.811. The van der Waals surface area contributed by atoms with E-state index in [-0.39, 0.29) is 0 Å². The van der Waals surface area contributed by atoms with Gasteiger partial charge < -0.3 is 4.57 Å². The van der Waals surface area contributed by atoms with Crippen LogP contribution in [0.15, 0.2) is 34.4 Å². The van der Waals surface area contributed by atoms with E-state index < -0.39 is 0 Å². The Morgan fingerprint density at radius 2 is 2.26 bits per heavy atom. The molecule has 0 saturated carbocycles. The van der Waals surface area contributed by atoms with E-state index in [1.165, 1.54) is 4.88 Å². The molecule has 3 nitrogen and oxygen atoms in total. The number of alkyl halides is 1. The number of pyridine rings is 1. The molecule has 6 heteroatoms. The van der Waals surface area contributed by atoms with Crippen molar-refractivity contribution < 1.29 is 0 Å². The summed E-state index contributed by atoms with van der Waals surface area (Å²) in [5.74, 6) is 1.58. The van der Waals surface area contributed by atoms with E-state index in [9.17, 15) is 0 Å². The summed E-state index contributed by atoms with van der Waals surface area (Å²) in [6, 6.07) is 4.07. The van der Waals surface area contributed by atoms with Gasteiger partial charge in [-0.3, -0.25) is 4.98 Å². The standard InChI is InChI=1S/C13H11BrClN3S/c14-9-3-6-19-12(9)8-18-11-2-5-16-7-10(11)17-13(18)1-4-15/h2-3,5-7H,1,4,8H2. The van der Waals surface area contributed by atoms with Crippen LogP contribution < -0.4 is 0 Å². The number of aryl methyl sites for hydroxylation is 1. The van der Waals surface area contributed by atoms with Crippen molar-refractivity contribution in [3.8, 4) is 0 Å². The SMILES string of the molecule is ClCCc1nc2cnccc2n1Cc1sccc1Br. The van der Waals surface area contributed by atoms with Gasteiger partial charge in [-0.25, -0.2) is 4.98 Å². The number of hydrogen-bond donors (Lipinski definition) is 0. The van der Waals surface area contributed by atoms with Crippen molar-refractivity contribution >= 4 is 49.9 Å². The van der Waals surface area contributed by atoms with Gasteiger partial charge in [0.15, 0.2) is 0 Å². The van der Waals surface area contributed by atoms with Crippen molar-refractivity contribution in [2.75, 3.05) is 5.88 Å². The lowest BCUT2D eigenvalue weighted by atomic mass is 10.3. The van der Waals surface area contributed by atoms with Gasteiger partial charge in [0.05, 0.1) is 18.3 Å². The molecule has 19 heavy (non-hydrogen) atoms. The first-order valence-electron chi connectivity index (χ1n) is 5.86. The monoisotopic (exact) mass is 355 g/mol. The van der Waals surface area contributed by atoms with Gasteiger partial charge in [0, 0.05) is 27.8 Å². The fraction of sp³-hybridized carbons (Fsp3) is 0.231. The predicted octanol–water partition coefficient (Wildman–Crippen LogP) is 4.08. The minimum atomic E-state index is 0.572. The fourth-order valence-electron chi connectivity index (χ4n) is 2.06. The van der Waals surface area contributed by atoms with Crippen LogP contribution in [0.4, 0.5) is 0 Å². The van der Waals surface area contributed by atoms with Crippen LogP contribution in [-0.2, 0) is 13.0 Å². The highest BCUT2D eigenvalue weighted by Crippen LogP contribution is 2.26. The number of thiophene rings is 1. The molecular weight excluding hydrogens is 346 g/mol. The zero-order chi connectivity index (χ0) is 13.2. The molecule has 0 aromatic carbocycles. The molecule has 0 N–H and O–H groups in total. The van der Waals surface area contributed by atoms with Crippen LogP contribution in [0.5, 0.6) is 0 Å². The molecule has 0 fully saturated rings. The van der Waals surface area contributed by atoms with E-state index in [0.717, 1.165) is 34.3 Å². The zero-order valence-electron chi connectivity index (χ0n) is 10.0. The smallest absolute Gasteiger partial charge is 0.111 e. The van der Waals surface area contributed by atoms with Crippen LogP contribution >= 0.6 is 38.9 Å². The second-order valence-electron chi connectivity index (χ2n) is 4.11. The second-order valence-corrected chi connectivity index (χ2v) is 6.34. The quantitative estimate of drug-likeness (QED) is 0.659. The highest BCUT2D eigenvalue weighted by molar-refractivity contribution is 9.10. The Hall–Kier alpha value is -0.910. The molecule has 0 spiro atoms. The van der Waals surface area contributed by atoms with Crippen molar-refractivity contribution in [1.29, 1.82) is 0 Å². The predicted molar refractivity (Wildman–Crippen MR) is 83.1 cm³/mol. The highest BCUT2D eigenvalue weighted by Gasteiger charge is 2.12. The van der Waals surface area contributed by atoms with Gasteiger partial charge in [0.2, 0.25) is 0 Å². The lowest BCUT2D eigenvalue weighted by Crippen LogP contribution is -2.05. The summed E-state index contributed by atoms with van der Waals surface area (Å²) < 4.78 is 3.36. The Morgan fingerprint density at radius 3 is 3.00 bits per heavy atom. The average Bonchev–Trinajstić information content (AvgIpc) is 2.96. The van der Waals surface area contributed by atoms with E-state index in [0.29, 0.717) is 5.88 Å². The Morgan fingerprint density at radius 1 is 1.37 bits per heavy atom. The molecule has 0 aliphatic rings. The third kappa shape index (κ3) is 2.55. The van der Waals surface area contributed by atoms with E-state index in [2.05, 4.69) is 41.9 Å². The van der Waals surface area contributed by atoms with E-state index in [1.54, 1.807) is 23.7 Å². The van der Waals surface area contributed by atoms with Gasteiger partial charge in [-0.15, -0.1) is 22.9 Å². The third-order valence-corrected chi connectivity index (χ3v) is 5.04. The molecule has 3 heterocycles. The Kier molecular flexibility index (Phi) is 3.86. The number of imidazole rings is 1. The maximum absolute atomic E-state index is 5.87. The summed E-state index contributed by atoms with van der Waals surface area (Å²) in [5.41, 5.74) is 2.03. The fourth-order valence-corrected chi connectivity index (χ4v) is 3.70. The largest absolute Gasteiger partial charge is 0.322 e. The van der Waals surface area contributed by atoms with Crippen molar-refractivity contribution in [1.82, 2.24) is 14.5 Å². The Bertz CT molecular complexity index is 707. The minimum Gasteiger partial charge on any atom is -0.322 e. The average molecular weight is 357 g/mol. The highest BCUT2D eigenvalue weighted by atomic mass is 79.9. The zero-order valence-corrected chi connectivity index (χ0v) is 13.2. The number of hydrogen-bond acceptors (Lipinski definition) is 3. The van der Waals surface area contributed by atoms with Gasteiger partial charge in [-0.05, 0) is 33.4 Å². The molecule has 3 rings (SSSR count). The number of aromatic nitrogens is 3. The van der Waals surface area contributed by atoms with Crippen LogP contribution in [0, 0.1) is 0 Å². The summed E-state index contributed by atoms with van der Waals surface area (Å²) in [5, 5.41) is 2.08. The van der Waals surface area contributed by atoms with Crippen LogP contribution in [-0.4, -0.2) is 20.4 Å². The van der Waals surface area contributed by atoms with Crippen LogP contribution in [0.25, 0.3) is 11.0 Å². The molecule has 0 radical (unpaired) electrons. The van der Waals surface area contributed by atoms with E-state index in [1.807, 2.05) is 6.07 Å². The van der Waals surface area contributed by atoms with Crippen molar-refractivity contribution in [3.05, 3.63) is 45.1 Å². The molecule has 0 atom stereocenters. The molecule has 0 saturated heterocycles. The van der Waals surface area contributed by atoms with E-state index >= 15 is 0 Å². The molecular formula is C13H11BrClN3S. The van der Waals surface area contributed by atoms with Crippen molar-refractivity contribution in [2.24, 2.45) is 0 Å². The first-order chi connectivity index (χ1) is 9.29. The van der Waals surface area contributed by atoms with Gasteiger partial charge >= 0.3 is 0 Å². The molecule has 0 bridgehead atoms. The number of nitrogens with zero attached hydrogens (tertiary/aromatic N) is 3. The van der Waals surface area contributed by atoms with Crippen molar-refractivity contribution in [2.45, 2.75) is 13.0 Å². The lowest BCUT2D eigenvalue weighted by Gasteiger charge is -2.07. The summed E-state index contributed by atoms with van der Waals surface area (Å²) >= 11 is 11.2. The number of halogens is 2. The number of rotatable bonds is 4. The molecule has 3 aromatic heterocycles. The normalized spacial score (nSPS) is 11.3. The Balaban J connectivity index is 2.09. The maximum Gasteiger partial charge on any atom is 0.111 e. The van der Waals surface area contributed by atoms with Gasteiger partial charge in [0.25, 0.3) is 0 Å². The van der Waals surface area contributed by atoms with Gasteiger partial charge in [-0.1, -0.05) is 0 Å². The van der Waals surface area contributed by atoms with Crippen LogP contribution in [0.2, 0.25) is 0 Å².